The van der Waals surface area contributed by atoms with Crippen molar-refractivity contribution in [2.45, 2.75) is 40.5 Å². The van der Waals surface area contributed by atoms with Crippen LogP contribution in [0.1, 0.15) is 33.4 Å². The van der Waals surface area contributed by atoms with E-state index in [1.807, 2.05) is 0 Å². The number of hydrogen-bond donors (Lipinski definition) is 0. The number of benzene rings is 2. The summed E-state index contributed by atoms with van der Waals surface area (Å²) in [5.41, 5.74) is 7.44. The van der Waals surface area contributed by atoms with Gasteiger partial charge in [-0.25, -0.2) is 0 Å². The van der Waals surface area contributed by atoms with Gasteiger partial charge in [0.15, 0.2) is 0 Å². The van der Waals surface area contributed by atoms with E-state index in [0.717, 1.165) is 12.8 Å². The van der Waals surface area contributed by atoms with Crippen LogP contribution in [0.25, 0.3) is 0 Å². The second kappa shape index (κ2) is 11.7. The molecule has 2 aliphatic rings. The monoisotopic (exact) mass is 492 g/mol. The van der Waals surface area contributed by atoms with Crippen LogP contribution < -0.4 is 0 Å². The average molecular weight is 492 g/mol. The van der Waals surface area contributed by atoms with Crippen LogP contribution in [0.5, 0.6) is 0 Å². The van der Waals surface area contributed by atoms with Crippen molar-refractivity contribution < 1.29 is 27.1 Å². The van der Waals surface area contributed by atoms with Crippen LogP contribution in [-0.4, -0.2) is 39.6 Å². The molecule has 0 aliphatic carbocycles. The lowest BCUT2D eigenvalue weighted by Crippen LogP contribution is -2.44. The largest absolute Gasteiger partial charge is 0.332 e. The van der Waals surface area contributed by atoms with Crippen molar-refractivity contribution in [3.63, 3.8) is 0 Å². The summed E-state index contributed by atoms with van der Waals surface area (Å²) in [6.45, 7) is 11.7. The Morgan fingerprint density at radius 1 is 0.667 bits per heavy atom. The molecule has 0 radical (unpaired) electrons. The molecule has 6 nitrogen and oxygen atoms in total. The second-order valence-electron chi connectivity index (χ2n) is 9.07. The van der Waals surface area contributed by atoms with Gasteiger partial charge in [-0.15, -0.1) is 0 Å². The van der Waals surface area contributed by atoms with E-state index in [1.54, 1.807) is 0 Å². The predicted octanol–water partition coefficient (Wildman–Crippen LogP) is 6.27. The van der Waals surface area contributed by atoms with Crippen molar-refractivity contribution in [1.82, 2.24) is 0 Å². The van der Waals surface area contributed by atoms with Gasteiger partial charge in [-0.2, -0.15) is 0 Å². The van der Waals surface area contributed by atoms with Crippen LogP contribution in [0.15, 0.2) is 36.4 Å². The van der Waals surface area contributed by atoms with Crippen LogP contribution in [-0.2, 0) is 40.0 Å². The number of aryl methyl sites for hydroxylation is 4. The van der Waals surface area contributed by atoms with E-state index in [2.05, 4.69) is 64.1 Å². The Labute approximate surface area is 199 Å². The molecule has 33 heavy (non-hydrogen) atoms. The Balaban J connectivity index is 1.13. The summed E-state index contributed by atoms with van der Waals surface area (Å²) in [5, 5.41) is 0. The predicted molar refractivity (Wildman–Crippen MR) is 131 cm³/mol. The van der Waals surface area contributed by atoms with Gasteiger partial charge < -0.3 is 27.1 Å². The zero-order valence-electron chi connectivity index (χ0n) is 20.0. The van der Waals surface area contributed by atoms with Crippen LogP contribution >= 0.6 is 17.2 Å². The first-order valence-corrected chi connectivity index (χ1v) is 13.6. The summed E-state index contributed by atoms with van der Waals surface area (Å²) >= 11 is 0. The highest BCUT2D eigenvalue weighted by atomic mass is 31.2. The summed E-state index contributed by atoms with van der Waals surface area (Å²) in [7, 11) is -2.65. The molecule has 0 aromatic heterocycles. The minimum Gasteiger partial charge on any atom is -0.312 e. The third-order valence-electron chi connectivity index (χ3n) is 6.04. The molecule has 4 rings (SSSR count). The molecule has 1 spiro atoms. The van der Waals surface area contributed by atoms with Crippen molar-refractivity contribution in [2.24, 2.45) is 5.41 Å². The molecule has 2 aromatic carbocycles. The minimum atomic E-state index is -1.32. The fourth-order valence-corrected chi connectivity index (χ4v) is 6.39. The fourth-order valence-electron chi connectivity index (χ4n) is 3.95. The zero-order valence-corrected chi connectivity index (χ0v) is 21.8. The van der Waals surface area contributed by atoms with Crippen LogP contribution in [0, 0.1) is 33.1 Å². The minimum absolute atomic E-state index is 0.286. The van der Waals surface area contributed by atoms with Gasteiger partial charge in [0.05, 0.1) is 45.1 Å². The number of hydrogen-bond acceptors (Lipinski definition) is 6. The van der Waals surface area contributed by atoms with E-state index in [9.17, 15) is 0 Å². The molecule has 2 saturated heterocycles. The Kier molecular flexibility index (Phi) is 8.89. The van der Waals surface area contributed by atoms with E-state index in [0.29, 0.717) is 39.6 Å². The quantitative estimate of drug-likeness (QED) is 0.405. The van der Waals surface area contributed by atoms with Gasteiger partial charge in [0.1, 0.15) is 0 Å². The highest BCUT2D eigenvalue weighted by Gasteiger charge is 2.43. The Morgan fingerprint density at radius 2 is 1.06 bits per heavy atom. The van der Waals surface area contributed by atoms with Gasteiger partial charge in [-0.3, -0.25) is 0 Å². The standard InChI is InChI=1S/C25H34O6P2/c1-19-5-7-23(21(3)13-19)9-11-26-32-28-15-25(16-29-32)17-30-33(31-18-25)27-12-10-24-8-6-20(2)14-22(24)4/h5-8,13-14H,9-12,15-18H2,1-4H3. The highest BCUT2D eigenvalue weighted by molar-refractivity contribution is 7.42. The summed E-state index contributed by atoms with van der Waals surface area (Å²) < 4.78 is 35.2. The Bertz CT molecular complexity index is 842. The maximum absolute atomic E-state index is 5.88. The van der Waals surface area contributed by atoms with E-state index in [4.69, 9.17) is 27.1 Å². The molecular weight excluding hydrogens is 458 g/mol. The van der Waals surface area contributed by atoms with Crippen LogP contribution in [0.4, 0.5) is 0 Å². The summed E-state index contributed by atoms with van der Waals surface area (Å²) in [4.78, 5) is 0. The smallest absolute Gasteiger partial charge is 0.312 e. The zero-order chi connectivity index (χ0) is 23.3. The highest BCUT2D eigenvalue weighted by Crippen LogP contribution is 2.53. The van der Waals surface area contributed by atoms with E-state index >= 15 is 0 Å². The molecule has 2 fully saturated rings. The van der Waals surface area contributed by atoms with Crippen molar-refractivity contribution in [3.8, 4) is 0 Å². The normalized spacial score (nSPS) is 25.5. The first kappa shape index (κ1) is 25.2. The maximum Gasteiger partial charge on any atom is 0.332 e. The lowest BCUT2D eigenvalue weighted by molar-refractivity contribution is -0.0758. The molecule has 0 bridgehead atoms. The molecule has 2 heterocycles. The van der Waals surface area contributed by atoms with Crippen molar-refractivity contribution in [2.75, 3.05) is 39.6 Å². The fraction of sp³-hybridized carbons (Fsp3) is 0.520. The van der Waals surface area contributed by atoms with E-state index < -0.39 is 17.2 Å². The molecule has 0 atom stereocenters. The molecule has 2 aromatic rings. The molecule has 0 saturated carbocycles. The SMILES string of the molecule is Cc1ccc(CCOP2OCC3(CO2)COP(OCCc2ccc(C)cc2C)OC3)c(C)c1. The van der Waals surface area contributed by atoms with E-state index in [1.165, 1.54) is 33.4 Å². The molecule has 0 unspecified atom stereocenters. The third-order valence-corrected chi connectivity index (χ3v) is 8.18. The van der Waals surface area contributed by atoms with Gasteiger partial charge in [0.2, 0.25) is 0 Å². The molecule has 2 aliphatic heterocycles. The van der Waals surface area contributed by atoms with Gasteiger partial charge in [-0.05, 0) is 62.8 Å². The summed E-state index contributed by atoms with van der Waals surface area (Å²) in [6, 6.07) is 13.0. The Hall–Kier alpha value is -0.940. The van der Waals surface area contributed by atoms with Gasteiger partial charge in [0.25, 0.3) is 0 Å². The van der Waals surface area contributed by atoms with Crippen molar-refractivity contribution in [3.05, 3.63) is 69.8 Å². The molecule has 180 valence electrons. The average Bonchev–Trinajstić information content (AvgIpc) is 2.79. The van der Waals surface area contributed by atoms with Crippen molar-refractivity contribution >= 4 is 17.2 Å². The van der Waals surface area contributed by atoms with Gasteiger partial charge >= 0.3 is 17.2 Å². The van der Waals surface area contributed by atoms with Crippen molar-refractivity contribution in [1.29, 1.82) is 0 Å². The maximum atomic E-state index is 5.88. The lowest BCUT2D eigenvalue weighted by atomic mass is 9.93. The Morgan fingerprint density at radius 3 is 1.42 bits per heavy atom. The van der Waals surface area contributed by atoms with E-state index in [-0.39, 0.29) is 5.41 Å². The third kappa shape index (κ3) is 7.04. The molecule has 0 N–H and O–H groups in total. The molecule has 8 heteroatoms. The van der Waals surface area contributed by atoms with Gasteiger partial charge in [0, 0.05) is 0 Å². The van der Waals surface area contributed by atoms with Gasteiger partial charge in [-0.1, -0.05) is 47.5 Å². The molecule has 0 amide bonds. The van der Waals surface area contributed by atoms with Crippen LogP contribution in [0.2, 0.25) is 0 Å². The molecular formula is C25H34O6P2. The first-order valence-electron chi connectivity index (χ1n) is 11.4. The summed E-state index contributed by atoms with van der Waals surface area (Å²) in [5.74, 6) is 0. The van der Waals surface area contributed by atoms with Crippen LogP contribution in [0.3, 0.4) is 0 Å². The lowest BCUT2D eigenvalue weighted by Gasteiger charge is -2.41. The topological polar surface area (TPSA) is 55.4 Å². The summed E-state index contributed by atoms with van der Waals surface area (Å²) in [6.07, 6.45) is 1.69. The first-order chi connectivity index (χ1) is 15.9. The second-order valence-corrected chi connectivity index (χ2v) is 11.5. The number of rotatable bonds is 8.